The lowest BCUT2D eigenvalue weighted by molar-refractivity contribution is -0.116. The minimum atomic E-state index is -0.464. The number of nitrogens with one attached hydrogen (secondary N) is 3. The van der Waals surface area contributed by atoms with Crippen molar-refractivity contribution in [1.82, 2.24) is 35.1 Å². The lowest BCUT2D eigenvalue weighted by atomic mass is 10.0. The summed E-state index contributed by atoms with van der Waals surface area (Å²) in [6, 6.07) is 10.7. The number of aromatic amines is 2. The molecule has 10 heteroatoms. The van der Waals surface area contributed by atoms with Crippen molar-refractivity contribution in [3.8, 4) is 33.9 Å². The molecule has 0 radical (unpaired) electrons. The van der Waals surface area contributed by atoms with Crippen molar-refractivity contribution in [1.29, 1.82) is 0 Å². The molecule has 0 bridgehead atoms. The van der Waals surface area contributed by atoms with E-state index in [1.165, 1.54) is 0 Å². The molecule has 0 spiro atoms. The summed E-state index contributed by atoms with van der Waals surface area (Å²) in [4.78, 5) is 33.0. The molecule has 0 saturated heterocycles. The van der Waals surface area contributed by atoms with Gasteiger partial charge in [-0.2, -0.15) is 5.10 Å². The number of anilines is 1. The molecule has 5 heterocycles. The highest BCUT2D eigenvalue weighted by Gasteiger charge is 2.21. The topological polar surface area (TPSA) is 125 Å². The van der Waals surface area contributed by atoms with Crippen LogP contribution in [0.2, 0.25) is 0 Å². The zero-order valence-electron chi connectivity index (χ0n) is 20.5. The van der Waals surface area contributed by atoms with Gasteiger partial charge in [-0.25, -0.2) is 9.37 Å². The number of pyridine rings is 3. The van der Waals surface area contributed by atoms with Gasteiger partial charge in [-0.05, 0) is 42.8 Å². The van der Waals surface area contributed by atoms with Crippen LogP contribution in [0.3, 0.4) is 0 Å². The van der Waals surface area contributed by atoms with Crippen LogP contribution >= 0.6 is 0 Å². The fourth-order valence-electron chi connectivity index (χ4n) is 4.45. The molecule has 9 nitrogen and oxygen atoms in total. The monoisotopic (exact) mass is 506 g/mol. The first-order chi connectivity index (χ1) is 18.6. The number of benzene rings is 1. The SMILES string of the molecule is CCCCC(=O)Nc1cncc(-c2ccc3[nH]nc(-c4nc5c(-c6cccnc6)nccc5[nH]4)c3c2F)c1. The lowest BCUT2D eigenvalue weighted by Gasteiger charge is -2.08. The van der Waals surface area contributed by atoms with Crippen LogP contribution in [-0.4, -0.2) is 41.0 Å². The van der Waals surface area contributed by atoms with E-state index < -0.39 is 5.82 Å². The number of hydrogen-bond acceptors (Lipinski definition) is 6. The van der Waals surface area contributed by atoms with Crippen LogP contribution in [0.5, 0.6) is 0 Å². The average molecular weight is 507 g/mol. The van der Waals surface area contributed by atoms with Crippen molar-refractivity contribution in [2.75, 3.05) is 5.32 Å². The Bertz CT molecular complexity index is 1780. The molecule has 0 saturated carbocycles. The number of aromatic nitrogens is 7. The number of fused-ring (bicyclic) bond motifs is 2. The molecular formula is C28H23FN8O. The number of hydrogen-bond donors (Lipinski definition) is 3. The van der Waals surface area contributed by atoms with Gasteiger partial charge in [-0.1, -0.05) is 13.3 Å². The number of nitrogens with zero attached hydrogens (tertiary/aromatic N) is 5. The number of amides is 1. The average Bonchev–Trinajstić information content (AvgIpc) is 3.57. The maximum absolute atomic E-state index is 16.1. The zero-order valence-corrected chi connectivity index (χ0v) is 20.5. The van der Waals surface area contributed by atoms with Crippen LogP contribution in [0.4, 0.5) is 10.1 Å². The van der Waals surface area contributed by atoms with Gasteiger partial charge in [0.1, 0.15) is 17.0 Å². The van der Waals surface area contributed by atoms with Crippen molar-refractivity contribution in [3.63, 3.8) is 0 Å². The maximum atomic E-state index is 16.1. The molecular weight excluding hydrogens is 483 g/mol. The summed E-state index contributed by atoms with van der Waals surface area (Å²) in [5, 5.41) is 10.4. The Labute approximate surface area is 216 Å². The Morgan fingerprint density at radius 3 is 2.74 bits per heavy atom. The third-order valence-electron chi connectivity index (χ3n) is 6.32. The number of halogens is 1. The molecule has 0 atom stereocenters. The Hall–Kier alpha value is -4.99. The number of unbranched alkanes of at least 4 members (excludes halogenated alkanes) is 1. The van der Waals surface area contributed by atoms with Crippen LogP contribution in [0, 0.1) is 5.82 Å². The van der Waals surface area contributed by atoms with Gasteiger partial charge in [0.15, 0.2) is 5.82 Å². The molecule has 1 aromatic carbocycles. The van der Waals surface area contributed by atoms with Crippen molar-refractivity contribution in [3.05, 3.63) is 73.2 Å². The smallest absolute Gasteiger partial charge is 0.224 e. The second-order valence-electron chi connectivity index (χ2n) is 8.92. The molecule has 6 rings (SSSR count). The Morgan fingerprint density at radius 2 is 1.89 bits per heavy atom. The van der Waals surface area contributed by atoms with Gasteiger partial charge in [-0.3, -0.25) is 24.8 Å². The zero-order chi connectivity index (χ0) is 26.1. The molecule has 5 aromatic heterocycles. The quantitative estimate of drug-likeness (QED) is 0.248. The highest BCUT2D eigenvalue weighted by Crippen LogP contribution is 2.35. The Balaban J connectivity index is 1.41. The Kier molecular flexibility index (Phi) is 6.04. The van der Waals surface area contributed by atoms with Gasteiger partial charge in [0.2, 0.25) is 5.91 Å². The van der Waals surface area contributed by atoms with Crippen molar-refractivity contribution >= 4 is 33.5 Å². The van der Waals surface area contributed by atoms with E-state index in [1.807, 2.05) is 25.1 Å². The summed E-state index contributed by atoms with van der Waals surface area (Å²) in [5.41, 5.74) is 5.16. The number of imidazole rings is 1. The number of rotatable bonds is 7. The van der Waals surface area contributed by atoms with Gasteiger partial charge in [-0.15, -0.1) is 0 Å². The predicted octanol–water partition coefficient (Wildman–Crippen LogP) is 5.89. The third kappa shape index (κ3) is 4.26. The highest BCUT2D eigenvalue weighted by molar-refractivity contribution is 5.98. The molecule has 6 aromatic rings. The minimum Gasteiger partial charge on any atom is -0.336 e. The molecule has 3 N–H and O–H groups in total. The molecule has 1 amide bonds. The molecule has 0 fully saturated rings. The summed E-state index contributed by atoms with van der Waals surface area (Å²) in [6.45, 7) is 2.03. The number of H-pyrrole nitrogens is 2. The molecule has 38 heavy (non-hydrogen) atoms. The van der Waals surface area contributed by atoms with Crippen LogP contribution in [-0.2, 0) is 4.79 Å². The molecule has 0 aliphatic heterocycles. The molecule has 0 aliphatic rings. The van der Waals surface area contributed by atoms with Crippen LogP contribution in [0.25, 0.3) is 55.8 Å². The summed E-state index contributed by atoms with van der Waals surface area (Å²) < 4.78 is 16.1. The summed E-state index contributed by atoms with van der Waals surface area (Å²) in [5.74, 6) is -0.145. The van der Waals surface area contributed by atoms with E-state index in [-0.39, 0.29) is 5.91 Å². The first kappa shape index (κ1) is 23.4. The highest BCUT2D eigenvalue weighted by atomic mass is 19.1. The second-order valence-corrected chi connectivity index (χ2v) is 8.92. The van der Waals surface area contributed by atoms with Crippen molar-refractivity contribution in [2.24, 2.45) is 0 Å². The lowest BCUT2D eigenvalue weighted by Crippen LogP contribution is -2.11. The summed E-state index contributed by atoms with van der Waals surface area (Å²) in [7, 11) is 0. The van der Waals surface area contributed by atoms with Gasteiger partial charge in [0, 0.05) is 47.9 Å². The summed E-state index contributed by atoms with van der Waals surface area (Å²) >= 11 is 0. The third-order valence-corrected chi connectivity index (χ3v) is 6.32. The van der Waals surface area contributed by atoms with E-state index in [1.54, 1.807) is 49.2 Å². The maximum Gasteiger partial charge on any atom is 0.224 e. The van der Waals surface area contributed by atoms with E-state index in [0.717, 1.165) is 23.9 Å². The fraction of sp³-hybridized carbons (Fsp3) is 0.143. The van der Waals surface area contributed by atoms with E-state index in [4.69, 9.17) is 4.98 Å². The fourth-order valence-corrected chi connectivity index (χ4v) is 4.45. The van der Waals surface area contributed by atoms with Crippen LogP contribution < -0.4 is 5.32 Å². The first-order valence-corrected chi connectivity index (χ1v) is 12.3. The molecule has 188 valence electrons. The van der Waals surface area contributed by atoms with Gasteiger partial charge >= 0.3 is 0 Å². The van der Waals surface area contributed by atoms with E-state index in [0.29, 0.717) is 56.9 Å². The predicted molar refractivity (Wildman–Crippen MR) is 144 cm³/mol. The van der Waals surface area contributed by atoms with Crippen LogP contribution in [0.1, 0.15) is 26.2 Å². The number of carbonyl (C=O) groups is 1. The summed E-state index contributed by atoms with van der Waals surface area (Å²) in [6.07, 6.45) is 10.4. The van der Waals surface area contributed by atoms with E-state index in [2.05, 4.69) is 35.5 Å². The minimum absolute atomic E-state index is 0.0936. The van der Waals surface area contributed by atoms with E-state index in [9.17, 15) is 4.79 Å². The second kappa shape index (κ2) is 9.81. The van der Waals surface area contributed by atoms with Crippen molar-refractivity contribution in [2.45, 2.75) is 26.2 Å². The normalized spacial score (nSPS) is 11.3. The van der Waals surface area contributed by atoms with Gasteiger partial charge in [0.25, 0.3) is 0 Å². The van der Waals surface area contributed by atoms with E-state index >= 15 is 4.39 Å². The number of carbonyl (C=O) groups excluding carboxylic acids is 1. The molecule has 0 aliphatic carbocycles. The van der Waals surface area contributed by atoms with Crippen molar-refractivity contribution < 1.29 is 9.18 Å². The molecule has 0 unspecified atom stereocenters. The Morgan fingerprint density at radius 1 is 1.00 bits per heavy atom. The van der Waals surface area contributed by atoms with Gasteiger partial charge in [0.05, 0.1) is 34.0 Å². The van der Waals surface area contributed by atoms with Gasteiger partial charge < -0.3 is 10.3 Å². The standard InChI is InChI=1S/C28H23FN8O/c1-2-3-6-22(38)33-18-12-17(14-31-15-18)19-7-8-20-23(24(19)29)27(37-36-20)28-34-21-9-11-32-25(26(21)35-28)16-5-4-10-30-13-16/h4-5,7-15H,2-3,6H2,1H3,(H,33,38)(H,34,35)(H,36,37). The van der Waals surface area contributed by atoms with Crippen LogP contribution in [0.15, 0.2) is 67.4 Å². The largest absolute Gasteiger partial charge is 0.336 e. The first-order valence-electron chi connectivity index (χ1n) is 12.3.